The molecule has 5 nitrogen and oxygen atoms in total. The minimum absolute atomic E-state index is 0.542. The zero-order chi connectivity index (χ0) is 14.7. The molecule has 0 spiro atoms. The topological polar surface area (TPSA) is 46.7 Å². The van der Waals surface area contributed by atoms with Gasteiger partial charge < -0.3 is 4.42 Å². The van der Waals surface area contributed by atoms with E-state index in [0.29, 0.717) is 11.8 Å². The normalized spacial score (nSPS) is 10.8. The van der Waals surface area contributed by atoms with E-state index < -0.39 is 0 Å². The fourth-order valence-electron chi connectivity index (χ4n) is 2.08. The van der Waals surface area contributed by atoms with Crippen LogP contribution in [0.15, 0.2) is 53.5 Å². The summed E-state index contributed by atoms with van der Waals surface area (Å²) in [7, 11) is 0. The van der Waals surface area contributed by atoms with Gasteiger partial charge in [0, 0.05) is 24.3 Å². The lowest BCUT2D eigenvalue weighted by atomic mass is 10.2. The van der Waals surface area contributed by atoms with Crippen molar-refractivity contribution in [2.45, 2.75) is 26.9 Å². The van der Waals surface area contributed by atoms with Crippen LogP contribution in [0.5, 0.6) is 0 Å². The van der Waals surface area contributed by atoms with Gasteiger partial charge in [-0.15, -0.1) is 10.2 Å². The van der Waals surface area contributed by atoms with Crippen molar-refractivity contribution in [3.8, 4) is 22.9 Å². The molecule has 0 radical (unpaired) electrons. The van der Waals surface area contributed by atoms with Gasteiger partial charge in [0.15, 0.2) is 24.8 Å². The fourth-order valence-corrected chi connectivity index (χ4v) is 2.08. The largest absolute Gasteiger partial charge is 0.416 e. The molecule has 5 heteroatoms. The monoisotopic (exact) mass is 282 g/mol. The molecule has 0 N–H and O–H groups in total. The van der Waals surface area contributed by atoms with Crippen LogP contribution in [0, 0.1) is 0 Å². The third-order valence-electron chi connectivity index (χ3n) is 3.43. The first-order valence-corrected chi connectivity index (χ1v) is 7.12. The molecule has 0 fully saturated rings. The SMILES string of the molecule is CC[n+]1ccc(-c2nnc(-c3cc[n+](CC)cc3)o2)cc1. The van der Waals surface area contributed by atoms with Crippen LogP contribution >= 0.6 is 0 Å². The van der Waals surface area contributed by atoms with Gasteiger partial charge >= 0.3 is 0 Å². The Morgan fingerprint density at radius 2 is 1.14 bits per heavy atom. The summed E-state index contributed by atoms with van der Waals surface area (Å²) in [6, 6.07) is 7.93. The van der Waals surface area contributed by atoms with E-state index >= 15 is 0 Å². The Morgan fingerprint density at radius 3 is 1.48 bits per heavy atom. The van der Waals surface area contributed by atoms with Crippen LogP contribution in [0.25, 0.3) is 22.9 Å². The van der Waals surface area contributed by atoms with Crippen molar-refractivity contribution in [1.82, 2.24) is 10.2 Å². The molecule has 21 heavy (non-hydrogen) atoms. The maximum absolute atomic E-state index is 5.76. The molecule has 0 saturated heterocycles. The zero-order valence-corrected chi connectivity index (χ0v) is 12.2. The Kier molecular flexibility index (Phi) is 3.73. The fraction of sp³-hybridized carbons (Fsp3) is 0.250. The molecular weight excluding hydrogens is 264 g/mol. The molecule has 0 atom stereocenters. The summed E-state index contributed by atoms with van der Waals surface area (Å²) in [6.45, 7) is 6.08. The molecule has 0 unspecified atom stereocenters. The highest BCUT2D eigenvalue weighted by molar-refractivity contribution is 5.56. The van der Waals surface area contributed by atoms with E-state index in [9.17, 15) is 0 Å². The summed E-state index contributed by atoms with van der Waals surface area (Å²) in [6.07, 6.45) is 8.02. The van der Waals surface area contributed by atoms with Gasteiger partial charge in [-0.3, -0.25) is 0 Å². The smallest absolute Gasteiger partial charge is 0.248 e. The first-order valence-electron chi connectivity index (χ1n) is 7.12. The van der Waals surface area contributed by atoms with Gasteiger partial charge in [0.05, 0.1) is 11.1 Å². The second-order valence-corrected chi connectivity index (χ2v) is 4.75. The van der Waals surface area contributed by atoms with Crippen molar-refractivity contribution in [1.29, 1.82) is 0 Å². The van der Waals surface area contributed by atoms with Crippen molar-refractivity contribution >= 4 is 0 Å². The Labute approximate surface area is 123 Å². The maximum atomic E-state index is 5.76. The predicted molar refractivity (Wildman–Crippen MR) is 76.9 cm³/mol. The van der Waals surface area contributed by atoms with E-state index in [4.69, 9.17) is 4.42 Å². The van der Waals surface area contributed by atoms with E-state index in [1.807, 2.05) is 49.1 Å². The minimum atomic E-state index is 0.542. The van der Waals surface area contributed by atoms with Crippen molar-refractivity contribution in [3.05, 3.63) is 49.1 Å². The van der Waals surface area contributed by atoms with Crippen LogP contribution in [0.1, 0.15) is 13.8 Å². The number of pyridine rings is 2. The number of hydrogen-bond donors (Lipinski definition) is 0. The molecule has 3 heterocycles. The molecule has 3 rings (SSSR count). The highest BCUT2D eigenvalue weighted by Gasteiger charge is 2.12. The summed E-state index contributed by atoms with van der Waals surface area (Å²) < 4.78 is 9.93. The summed E-state index contributed by atoms with van der Waals surface area (Å²) in [5.74, 6) is 1.08. The van der Waals surface area contributed by atoms with Gasteiger partial charge in [0.1, 0.15) is 13.1 Å². The minimum Gasteiger partial charge on any atom is -0.416 e. The lowest BCUT2D eigenvalue weighted by molar-refractivity contribution is -0.693. The molecular formula is C16H18N4O+2. The van der Waals surface area contributed by atoms with Crippen LogP contribution in [-0.2, 0) is 13.1 Å². The molecule has 0 bridgehead atoms. The number of rotatable bonds is 4. The average molecular weight is 282 g/mol. The molecule has 0 saturated carbocycles. The quantitative estimate of drug-likeness (QED) is 0.688. The Hall–Kier alpha value is -2.56. The molecule has 3 aromatic rings. The van der Waals surface area contributed by atoms with Crippen molar-refractivity contribution in [2.75, 3.05) is 0 Å². The third kappa shape index (κ3) is 2.81. The van der Waals surface area contributed by atoms with Crippen LogP contribution in [0.3, 0.4) is 0 Å². The predicted octanol–water partition coefficient (Wildman–Crippen LogP) is 2.02. The highest BCUT2D eigenvalue weighted by Crippen LogP contribution is 2.22. The summed E-state index contributed by atoms with van der Waals surface area (Å²) in [5, 5.41) is 8.26. The standard InChI is InChI=1S/C16H18N4O/c1-3-19-9-5-13(6-10-19)15-17-18-16(21-15)14-7-11-20(4-2)12-8-14/h5-12H,3-4H2,1-2H3/q+2. The zero-order valence-electron chi connectivity index (χ0n) is 12.2. The number of hydrogen-bond acceptors (Lipinski definition) is 3. The second kappa shape index (κ2) is 5.83. The average Bonchev–Trinajstić information content (AvgIpc) is 3.05. The molecule has 0 amide bonds. The second-order valence-electron chi connectivity index (χ2n) is 4.75. The van der Waals surface area contributed by atoms with Crippen LogP contribution in [0.4, 0.5) is 0 Å². The molecule has 0 aromatic carbocycles. The molecule has 3 aromatic heterocycles. The first kappa shape index (κ1) is 13.4. The lowest BCUT2D eigenvalue weighted by Crippen LogP contribution is -2.30. The van der Waals surface area contributed by atoms with Crippen molar-refractivity contribution < 1.29 is 13.6 Å². The van der Waals surface area contributed by atoms with Crippen molar-refractivity contribution in [3.63, 3.8) is 0 Å². The Balaban J connectivity index is 1.87. The molecule has 106 valence electrons. The van der Waals surface area contributed by atoms with Crippen LogP contribution < -0.4 is 9.13 Å². The molecule has 0 aliphatic heterocycles. The van der Waals surface area contributed by atoms with Crippen LogP contribution in [-0.4, -0.2) is 10.2 Å². The summed E-state index contributed by atoms with van der Waals surface area (Å²) in [4.78, 5) is 0. The van der Waals surface area contributed by atoms with Gasteiger partial charge in [-0.1, -0.05) is 0 Å². The molecule has 0 aliphatic rings. The molecule has 0 aliphatic carbocycles. The van der Waals surface area contributed by atoms with Crippen molar-refractivity contribution in [2.24, 2.45) is 0 Å². The van der Waals surface area contributed by atoms with Crippen LogP contribution in [0.2, 0.25) is 0 Å². The first-order chi connectivity index (χ1) is 10.3. The van der Waals surface area contributed by atoms with Gasteiger partial charge in [-0.05, 0) is 13.8 Å². The van der Waals surface area contributed by atoms with E-state index in [0.717, 1.165) is 24.2 Å². The van der Waals surface area contributed by atoms with Gasteiger partial charge in [0.25, 0.3) is 0 Å². The van der Waals surface area contributed by atoms with E-state index in [1.54, 1.807) is 0 Å². The Bertz CT molecular complexity index is 655. The Morgan fingerprint density at radius 1 is 0.762 bits per heavy atom. The number of aromatic nitrogens is 4. The van der Waals surface area contributed by atoms with Gasteiger partial charge in [0.2, 0.25) is 11.8 Å². The van der Waals surface area contributed by atoms with E-state index in [-0.39, 0.29) is 0 Å². The number of aryl methyl sites for hydroxylation is 2. The van der Waals surface area contributed by atoms with E-state index in [2.05, 4.69) is 33.2 Å². The van der Waals surface area contributed by atoms with Gasteiger partial charge in [-0.25, -0.2) is 9.13 Å². The highest BCUT2D eigenvalue weighted by atomic mass is 16.4. The summed E-state index contributed by atoms with van der Waals surface area (Å²) >= 11 is 0. The number of nitrogens with zero attached hydrogens (tertiary/aromatic N) is 4. The maximum Gasteiger partial charge on any atom is 0.248 e. The van der Waals surface area contributed by atoms with Gasteiger partial charge in [-0.2, -0.15) is 0 Å². The lowest BCUT2D eigenvalue weighted by Gasteiger charge is -1.95. The third-order valence-corrected chi connectivity index (χ3v) is 3.43. The van der Waals surface area contributed by atoms with E-state index in [1.165, 1.54) is 0 Å². The summed E-state index contributed by atoms with van der Waals surface area (Å²) in [5.41, 5.74) is 1.86.